The maximum atomic E-state index is 12.6. The van der Waals surface area contributed by atoms with Crippen molar-refractivity contribution in [3.05, 3.63) is 51.5 Å². The number of aromatic nitrogens is 1. The molecule has 0 aliphatic carbocycles. The molecule has 0 fully saturated rings. The number of carbonyl (C=O) groups excluding carboxylic acids is 1. The summed E-state index contributed by atoms with van der Waals surface area (Å²) in [6, 6.07) is 5.13. The monoisotopic (exact) mass is 285 g/mol. The highest BCUT2D eigenvalue weighted by Gasteiger charge is 2.30. The van der Waals surface area contributed by atoms with Crippen LogP contribution in [0, 0.1) is 0 Å². The topological polar surface area (TPSA) is 30.0 Å². The smallest absolute Gasteiger partial charge is 0.293 e. The zero-order chi connectivity index (χ0) is 14.0. The lowest BCUT2D eigenvalue weighted by Gasteiger charge is -2.07. The van der Waals surface area contributed by atoms with E-state index in [2.05, 4.69) is 4.98 Å². The van der Waals surface area contributed by atoms with Gasteiger partial charge in [-0.1, -0.05) is 18.2 Å². The second kappa shape index (κ2) is 5.13. The standard InChI is InChI=1S/C13H10F3NOS/c1-8(18)11-7-19-12(17-11)6-9-3-2-4-10(5-9)13(14,15)16/h2-5,7H,6H2,1H3. The Bertz CT molecular complexity index is 604. The Morgan fingerprint density at radius 2 is 2.11 bits per heavy atom. The molecule has 1 aromatic heterocycles. The summed E-state index contributed by atoms with van der Waals surface area (Å²) in [5, 5.41) is 2.25. The number of alkyl halides is 3. The van der Waals surface area contributed by atoms with Crippen LogP contribution in [0.4, 0.5) is 13.2 Å². The SMILES string of the molecule is CC(=O)c1csc(Cc2cccc(C(F)(F)F)c2)n1. The van der Waals surface area contributed by atoms with E-state index < -0.39 is 11.7 Å². The third kappa shape index (κ3) is 3.41. The van der Waals surface area contributed by atoms with Gasteiger partial charge in [-0.2, -0.15) is 13.2 Å². The van der Waals surface area contributed by atoms with Crippen LogP contribution >= 0.6 is 11.3 Å². The average Bonchev–Trinajstić information content (AvgIpc) is 2.77. The van der Waals surface area contributed by atoms with Crippen molar-refractivity contribution in [1.29, 1.82) is 0 Å². The lowest BCUT2D eigenvalue weighted by molar-refractivity contribution is -0.137. The number of nitrogens with zero attached hydrogens (tertiary/aromatic N) is 1. The van der Waals surface area contributed by atoms with E-state index in [9.17, 15) is 18.0 Å². The lowest BCUT2D eigenvalue weighted by Crippen LogP contribution is -2.05. The van der Waals surface area contributed by atoms with Crippen LogP contribution in [0.5, 0.6) is 0 Å². The first-order valence-corrected chi connectivity index (χ1v) is 6.35. The number of hydrogen-bond donors (Lipinski definition) is 0. The molecule has 2 rings (SSSR count). The Morgan fingerprint density at radius 3 is 2.68 bits per heavy atom. The Labute approximate surface area is 111 Å². The summed E-state index contributed by atoms with van der Waals surface area (Å²) in [6.45, 7) is 1.41. The largest absolute Gasteiger partial charge is 0.416 e. The minimum absolute atomic E-state index is 0.147. The minimum Gasteiger partial charge on any atom is -0.293 e. The fourth-order valence-corrected chi connectivity index (χ4v) is 2.45. The molecule has 0 radical (unpaired) electrons. The Morgan fingerprint density at radius 1 is 1.37 bits per heavy atom. The molecular formula is C13H10F3NOS. The highest BCUT2D eigenvalue weighted by atomic mass is 32.1. The molecule has 0 N–H and O–H groups in total. The molecule has 1 heterocycles. The van der Waals surface area contributed by atoms with Gasteiger partial charge < -0.3 is 0 Å². The quantitative estimate of drug-likeness (QED) is 0.799. The van der Waals surface area contributed by atoms with Gasteiger partial charge in [-0.05, 0) is 11.6 Å². The Hall–Kier alpha value is -1.69. The second-order valence-corrected chi connectivity index (χ2v) is 5.00. The van der Waals surface area contributed by atoms with E-state index in [-0.39, 0.29) is 5.78 Å². The summed E-state index contributed by atoms with van der Waals surface area (Å²) in [5.41, 5.74) is 0.208. The molecule has 0 atom stereocenters. The number of rotatable bonds is 3. The van der Waals surface area contributed by atoms with Crippen molar-refractivity contribution in [2.24, 2.45) is 0 Å². The fraction of sp³-hybridized carbons (Fsp3) is 0.231. The second-order valence-electron chi connectivity index (χ2n) is 4.06. The van der Waals surface area contributed by atoms with Gasteiger partial charge in [0.05, 0.1) is 10.6 Å². The van der Waals surface area contributed by atoms with Gasteiger partial charge in [0.2, 0.25) is 0 Å². The summed E-state index contributed by atoms with van der Waals surface area (Å²) >= 11 is 1.27. The van der Waals surface area contributed by atoms with Gasteiger partial charge in [-0.25, -0.2) is 4.98 Å². The molecule has 0 amide bonds. The van der Waals surface area contributed by atoms with Crippen LogP contribution in [0.3, 0.4) is 0 Å². The molecule has 0 saturated heterocycles. The third-order valence-electron chi connectivity index (χ3n) is 2.52. The minimum atomic E-state index is -4.34. The third-order valence-corrected chi connectivity index (χ3v) is 3.37. The van der Waals surface area contributed by atoms with Crippen LogP contribution in [0.25, 0.3) is 0 Å². The van der Waals surface area contributed by atoms with Crippen molar-refractivity contribution in [2.75, 3.05) is 0 Å². The van der Waals surface area contributed by atoms with Crippen molar-refractivity contribution in [3.8, 4) is 0 Å². The summed E-state index contributed by atoms with van der Waals surface area (Å²) in [7, 11) is 0. The Kier molecular flexibility index (Phi) is 3.71. The average molecular weight is 285 g/mol. The Balaban J connectivity index is 2.21. The molecule has 1 aromatic carbocycles. The van der Waals surface area contributed by atoms with Crippen molar-refractivity contribution in [2.45, 2.75) is 19.5 Å². The van der Waals surface area contributed by atoms with Crippen molar-refractivity contribution in [3.63, 3.8) is 0 Å². The molecule has 0 aliphatic heterocycles. The number of carbonyl (C=O) groups is 1. The number of Topliss-reactive ketones (excluding diaryl/α,β-unsaturated/α-hetero) is 1. The summed E-state index contributed by atoms with van der Waals surface area (Å²) in [6.07, 6.45) is -4.05. The maximum absolute atomic E-state index is 12.6. The maximum Gasteiger partial charge on any atom is 0.416 e. The number of ketones is 1. The number of halogens is 3. The zero-order valence-electron chi connectivity index (χ0n) is 9.99. The molecule has 0 aliphatic rings. The van der Waals surface area contributed by atoms with Gasteiger partial charge in [0.1, 0.15) is 5.69 Å². The van der Waals surface area contributed by atoms with E-state index in [1.54, 1.807) is 11.4 Å². The summed E-state index contributed by atoms with van der Waals surface area (Å²) in [4.78, 5) is 15.2. The van der Waals surface area contributed by atoms with Crippen LogP contribution in [0.1, 0.15) is 33.5 Å². The predicted molar refractivity (Wildman–Crippen MR) is 66.4 cm³/mol. The molecule has 0 bridgehead atoms. The number of benzene rings is 1. The fourth-order valence-electron chi connectivity index (χ4n) is 1.59. The molecule has 0 unspecified atom stereocenters. The molecule has 19 heavy (non-hydrogen) atoms. The van der Waals surface area contributed by atoms with Gasteiger partial charge in [-0.15, -0.1) is 11.3 Å². The van der Waals surface area contributed by atoms with Crippen LogP contribution in [0.2, 0.25) is 0 Å². The summed E-state index contributed by atoms with van der Waals surface area (Å²) < 4.78 is 37.7. The lowest BCUT2D eigenvalue weighted by atomic mass is 10.1. The molecule has 2 nitrogen and oxygen atoms in total. The molecule has 0 spiro atoms. The predicted octanol–water partition coefficient (Wildman–Crippen LogP) is 3.96. The van der Waals surface area contributed by atoms with Gasteiger partial charge in [0.15, 0.2) is 5.78 Å². The van der Waals surface area contributed by atoms with Crippen molar-refractivity contribution < 1.29 is 18.0 Å². The van der Waals surface area contributed by atoms with Gasteiger partial charge >= 0.3 is 6.18 Å². The molecule has 2 aromatic rings. The highest BCUT2D eigenvalue weighted by Crippen LogP contribution is 2.30. The van der Waals surface area contributed by atoms with Crippen molar-refractivity contribution >= 4 is 17.1 Å². The first-order valence-electron chi connectivity index (χ1n) is 5.48. The van der Waals surface area contributed by atoms with Gasteiger partial charge in [0, 0.05) is 18.7 Å². The molecular weight excluding hydrogens is 275 g/mol. The first kappa shape index (κ1) is 13.7. The normalized spacial score (nSPS) is 11.6. The highest BCUT2D eigenvalue weighted by molar-refractivity contribution is 7.09. The van der Waals surface area contributed by atoms with Crippen LogP contribution in [-0.4, -0.2) is 10.8 Å². The van der Waals surface area contributed by atoms with E-state index in [0.29, 0.717) is 22.7 Å². The van der Waals surface area contributed by atoms with Crippen LogP contribution < -0.4 is 0 Å². The molecule has 6 heteroatoms. The first-order chi connectivity index (χ1) is 8.86. The number of thiazole rings is 1. The summed E-state index contributed by atoms with van der Waals surface area (Å²) in [5.74, 6) is -0.147. The molecule has 100 valence electrons. The van der Waals surface area contributed by atoms with E-state index in [4.69, 9.17) is 0 Å². The number of hydrogen-bond acceptors (Lipinski definition) is 3. The van der Waals surface area contributed by atoms with E-state index in [1.807, 2.05) is 0 Å². The molecule has 0 saturated carbocycles. The van der Waals surface area contributed by atoms with Gasteiger partial charge in [-0.3, -0.25) is 4.79 Å². The van der Waals surface area contributed by atoms with E-state index >= 15 is 0 Å². The van der Waals surface area contributed by atoms with Crippen LogP contribution in [0.15, 0.2) is 29.6 Å². The van der Waals surface area contributed by atoms with Crippen molar-refractivity contribution in [1.82, 2.24) is 4.98 Å². The van der Waals surface area contributed by atoms with Crippen LogP contribution in [-0.2, 0) is 12.6 Å². The van der Waals surface area contributed by atoms with Gasteiger partial charge in [0.25, 0.3) is 0 Å². The van der Waals surface area contributed by atoms with E-state index in [0.717, 1.165) is 12.1 Å². The zero-order valence-corrected chi connectivity index (χ0v) is 10.8. The van der Waals surface area contributed by atoms with E-state index in [1.165, 1.54) is 24.3 Å².